The Morgan fingerprint density at radius 3 is 2.47 bits per heavy atom. The number of carbonyl (C=O) groups excluding carboxylic acids is 1. The molecule has 0 spiro atoms. The van der Waals surface area contributed by atoms with Crippen LogP contribution in [0.1, 0.15) is 36.0 Å². The molecule has 1 heterocycles. The van der Waals surface area contributed by atoms with Crippen molar-refractivity contribution in [2.45, 2.75) is 31.7 Å². The van der Waals surface area contributed by atoms with Crippen LogP contribution in [0.25, 0.3) is 0 Å². The average molecular weight is 326 g/mol. The summed E-state index contributed by atoms with van der Waals surface area (Å²) in [6, 6.07) is 6.33. The van der Waals surface area contributed by atoms with Crippen LogP contribution in [0.2, 0.25) is 0 Å². The van der Waals surface area contributed by atoms with Crippen LogP contribution in [-0.2, 0) is 4.79 Å². The summed E-state index contributed by atoms with van der Waals surface area (Å²) < 4.78 is 0.898. The molecular weight excluding hydrogens is 310 g/mol. The first kappa shape index (κ1) is 14.1. The third kappa shape index (κ3) is 3.35. The zero-order valence-electron chi connectivity index (χ0n) is 10.5. The maximum atomic E-state index is 12.4. The summed E-state index contributed by atoms with van der Waals surface area (Å²) in [4.78, 5) is 25.2. The van der Waals surface area contributed by atoms with E-state index in [4.69, 9.17) is 0 Å². The largest absolute Gasteiger partial charge is 0.480 e. The van der Waals surface area contributed by atoms with Gasteiger partial charge in [0.05, 0.1) is 0 Å². The van der Waals surface area contributed by atoms with Gasteiger partial charge in [-0.3, -0.25) is 4.79 Å². The van der Waals surface area contributed by atoms with Crippen LogP contribution >= 0.6 is 15.9 Å². The third-order valence-corrected chi connectivity index (χ3v) is 3.92. The Balaban J connectivity index is 2.23. The molecule has 1 fully saturated rings. The van der Waals surface area contributed by atoms with Crippen LogP contribution in [0.4, 0.5) is 0 Å². The van der Waals surface area contributed by atoms with Gasteiger partial charge < -0.3 is 10.0 Å². The predicted octanol–water partition coefficient (Wildman–Crippen LogP) is 2.92. The van der Waals surface area contributed by atoms with E-state index >= 15 is 0 Å². The quantitative estimate of drug-likeness (QED) is 0.909. The molecule has 1 atom stereocenters. The SMILES string of the molecule is O=C(O)C1CCCCCN1C(=O)c1ccc(Br)cc1. The smallest absolute Gasteiger partial charge is 0.326 e. The maximum Gasteiger partial charge on any atom is 0.326 e. The summed E-state index contributed by atoms with van der Waals surface area (Å²) in [5.74, 6) is -1.10. The predicted molar refractivity (Wildman–Crippen MR) is 75.1 cm³/mol. The molecule has 1 aromatic carbocycles. The highest BCUT2D eigenvalue weighted by molar-refractivity contribution is 9.10. The molecule has 1 amide bonds. The summed E-state index contributed by atoms with van der Waals surface area (Å²) in [5.41, 5.74) is 0.538. The minimum atomic E-state index is -0.910. The van der Waals surface area contributed by atoms with E-state index in [1.54, 1.807) is 24.3 Å². The first-order valence-electron chi connectivity index (χ1n) is 6.39. The van der Waals surface area contributed by atoms with Gasteiger partial charge in [-0.2, -0.15) is 0 Å². The van der Waals surface area contributed by atoms with Crippen LogP contribution in [0.5, 0.6) is 0 Å². The molecule has 1 saturated heterocycles. The standard InChI is InChI=1S/C14H16BrNO3/c15-11-7-5-10(6-8-11)13(17)16-9-3-1-2-4-12(16)14(18)19/h5-8,12H,1-4,9H2,(H,18,19). The first-order chi connectivity index (χ1) is 9.09. The number of hydrogen-bond acceptors (Lipinski definition) is 2. The van der Waals surface area contributed by atoms with Crippen molar-refractivity contribution in [2.75, 3.05) is 6.54 Å². The first-order valence-corrected chi connectivity index (χ1v) is 7.18. The molecule has 2 rings (SSSR count). The molecule has 0 bridgehead atoms. The van der Waals surface area contributed by atoms with E-state index in [1.807, 2.05) is 0 Å². The molecule has 102 valence electrons. The van der Waals surface area contributed by atoms with E-state index in [9.17, 15) is 14.7 Å². The normalized spacial score (nSPS) is 19.8. The van der Waals surface area contributed by atoms with Gasteiger partial charge in [-0.25, -0.2) is 4.79 Å². The van der Waals surface area contributed by atoms with Crippen molar-refractivity contribution in [2.24, 2.45) is 0 Å². The molecule has 0 radical (unpaired) electrons. The molecule has 1 unspecified atom stereocenters. The number of carboxylic acid groups (broad SMARTS) is 1. The van der Waals surface area contributed by atoms with Crippen molar-refractivity contribution in [3.8, 4) is 0 Å². The Morgan fingerprint density at radius 2 is 1.84 bits per heavy atom. The minimum Gasteiger partial charge on any atom is -0.480 e. The van der Waals surface area contributed by atoms with Gasteiger partial charge in [0.1, 0.15) is 6.04 Å². The van der Waals surface area contributed by atoms with Gasteiger partial charge in [0.15, 0.2) is 0 Å². The lowest BCUT2D eigenvalue weighted by Gasteiger charge is -2.27. The van der Waals surface area contributed by atoms with Crippen LogP contribution in [-0.4, -0.2) is 34.5 Å². The van der Waals surface area contributed by atoms with Crippen molar-refractivity contribution >= 4 is 27.8 Å². The highest BCUT2D eigenvalue weighted by atomic mass is 79.9. The second-order valence-corrected chi connectivity index (χ2v) is 5.62. The van der Waals surface area contributed by atoms with Crippen molar-refractivity contribution in [3.63, 3.8) is 0 Å². The second kappa shape index (κ2) is 6.19. The van der Waals surface area contributed by atoms with Crippen molar-refractivity contribution < 1.29 is 14.7 Å². The van der Waals surface area contributed by atoms with Crippen molar-refractivity contribution in [1.82, 2.24) is 4.90 Å². The summed E-state index contributed by atoms with van der Waals surface area (Å²) in [6.07, 6.45) is 3.25. The maximum absolute atomic E-state index is 12.4. The fourth-order valence-corrected chi connectivity index (χ4v) is 2.63. The molecule has 5 heteroatoms. The molecule has 1 aliphatic rings. The number of benzene rings is 1. The second-order valence-electron chi connectivity index (χ2n) is 4.71. The number of halogens is 1. The minimum absolute atomic E-state index is 0.193. The van der Waals surface area contributed by atoms with Gasteiger partial charge >= 0.3 is 5.97 Å². The Hall–Kier alpha value is -1.36. The fraction of sp³-hybridized carbons (Fsp3) is 0.429. The number of nitrogens with zero attached hydrogens (tertiary/aromatic N) is 1. The molecule has 4 nitrogen and oxygen atoms in total. The highest BCUT2D eigenvalue weighted by Crippen LogP contribution is 2.20. The van der Waals surface area contributed by atoms with Gasteiger partial charge in [0, 0.05) is 16.6 Å². The number of carbonyl (C=O) groups is 2. The molecule has 0 aliphatic carbocycles. The van der Waals surface area contributed by atoms with Crippen LogP contribution in [0.15, 0.2) is 28.7 Å². The van der Waals surface area contributed by atoms with E-state index in [0.717, 1.165) is 23.7 Å². The van der Waals surface area contributed by atoms with Gasteiger partial charge in [0.2, 0.25) is 0 Å². The Labute approximate surface area is 120 Å². The lowest BCUT2D eigenvalue weighted by molar-refractivity contribution is -0.142. The lowest BCUT2D eigenvalue weighted by Crippen LogP contribution is -2.44. The Morgan fingerprint density at radius 1 is 1.16 bits per heavy atom. The molecule has 1 N–H and O–H groups in total. The van der Waals surface area contributed by atoms with E-state index in [-0.39, 0.29) is 5.91 Å². The number of rotatable bonds is 2. The number of likely N-dealkylation sites (tertiary alicyclic amines) is 1. The monoisotopic (exact) mass is 325 g/mol. The Bertz CT molecular complexity index is 472. The van der Waals surface area contributed by atoms with E-state index < -0.39 is 12.0 Å². The number of hydrogen-bond donors (Lipinski definition) is 1. The van der Waals surface area contributed by atoms with Crippen LogP contribution < -0.4 is 0 Å². The molecule has 1 aliphatic heterocycles. The van der Waals surface area contributed by atoms with E-state index in [1.165, 1.54) is 4.90 Å². The van der Waals surface area contributed by atoms with E-state index in [0.29, 0.717) is 18.5 Å². The fourth-order valence-electron chi connectivity index (χ4n) is 2.37. The summed E-state index contributed by atoms with van der Waals surface area (Å²) in [5, 5.41) is 9.27. The zero-order valence-corrected chi connectivity index (χ0v) is 12.1. The number of carboxylic acids is 1. The van der Waals surface area contributed by atoms with Crippen LogP contribution in [0, 0.1) is 0 Å². The molecule has 0 aromatic heterocycles. The topological polar surface area (TPSA) is 57.6 Å². The van der Waals surface area contributed by atoms with Crippen molar-refractivity contribution in [1.29, 1.82) is 0 Å². The molecular formula is C14H16BrNO3. The van der Waals surface area contributed by atoms with Crippen molar-refractivity contribution in [3.05, 3.63) is 34.3 Å². The molecule has 0 saturated carbocycles. The van der Waals surface area contributed by atoms with Gasteiger partial charge in [0.25, 0.3) is 5.91 Å². The zero-order chi connectivity index (χ0) is 13.8. The Kier molecular flexibility index (Phi) is 4.58. The number of aliphatic carboxylic acids is 1. The van der Waals surface area contributed by atoms with E-state index in [2.05, 4.69) is 15.9 Å². The third-order valence-electron chi connectivity index (χ3n) is 3.39. The van der Waals surface area contributed by atoms with Gasteiger partial charge in [-0.1, -0.05) is 28.8 Å². The highest BCUT2D eigenvalue weighted by Gasteiger charge is 2.31. The summed E-state index contributed by atoms with van der Waals surface area (Å²) >= 11 is 3.32. The van der Waals surface area contributed by atoms with Gasteiger partial charge in [-0.15, -0.1) is 0 Å². The number of amides is 1. The lowest BCUT2D eigenvalue weighted by atomic mass is 10.1. The van der Waals surface area contributed by atoms with Gasteiger partial charge in [-0.05, 0) is 37.1 Å². The average Bonchev–Trinajstić information content (AvgIpc) is 2.64. The summed E-state index contributed by atoms with van der Waals surface area (Å²) in [7, 11) is 0. The van der Waals surface area contributed by atoms with Crippen LogP contribution in [0.3, 0.4) is 0 Å². The molecule has 1 aromatic rings. The summed E-state index contributed by atoms with van der Waals surface area (Å²) in [6.45, 7) is 0.520. The molecule has 19 heavy (non-hydrogen) atoms.